The molecule has 2 aromatic heterocycles. The van der Waals surface area contributed by atoms with Crippen LogP contribution in [0.5, 0.6) is 0 Å². The maximum Gasteiger partial charge on any atom is 0.174 e. The molecule has 0 aromatic carbocycles. The predicted molar refractivity (Wildman–Crippen MR) is 62.5 cm³/mol. The minimum atomic E-state index is -0.490. The Balaban J connectivity index is 2.28. The molecule has 17 heavy (non-hydrogen) atoms. The van der Waals surface area contributed by atoms with Crippen LogP contribution in [-0.4, -0.2) is 19.6 Å². The van der Waals surface area contributed by atoms with Gasteiger partial charge in [0.25, 0.3) is 0 Å². The van der Waals surface area contributed by atoms with Gasteiger partial charge in [0.2, 0.25) is 0 Å². The monoisotopic (exact) mass is 273 g/mol. The van der Waals surface area contributed by atoms with Crippen molar-refractivity contribution in [2.24, 2.45) is 7.05 Å². The summed E-state index contributed by atoms with van der Waals surface area (Å²) in [5.74, 6) is -0.490. The molecule has 0 bridgehead atoms. The fourth-order valence-corrected chi connectivity index (χ4v) is 2.17. The Morgan fingerprint density at radius 1 is 1.47 bits per heavy atom. The van der Waals surface area contributed by atoms with E-state index in [4.69, 9.17) is 16.7 Å². The third-order valence-electron chi connectivity index (χ3n) is 2.17. The van der Waals surface area contributed by atoms with Crippen LogP contribution in [0, 0.1) is 5.82 Å². The van der Waals surface area contributed by atoms with Crippen molar-refractivity contribution in [2.75, 3.05) is 0 Å². The lowest BCUT2D eigenvalue weighted by atomic mass is 10.5. The van der Waals surface area contributed by atoms with Crippen molar-refractivity contribution in [1.29, 1.82) is 0 Å². The highest BCUT2D eigenvalue weighted by Crippen LogP contribution is 2.28. The minimum absolute atomic E-state index is 0.111. The third kappa shape index (κ3) is 2.59. The van der Waals surface area contributed by atoms with Crippen molar-refractivity contribution < 1.29 is 9.50 Å². The first-order valence-corrected chi connectivity index (χ1v) is 5.91. The van der Waals surface area contributed by atoms with E-state index in [0.29, 0.717) is 10.9 Å². The summed E-state index contributed by atoms with van der Waals surface area (Å²) in [4.78, 5) is 7.96. The molecule has 0 aliphatic rings. The van der Waals surface area contributed by atoms with E-state index in [1.54, 1.807) is 11.6 Å². The summed E-state index contributed by atoms with van der Waals surface area (Å²) in [6, 6.07) is 1.20. The quantitative estimate of drug-likeness (QED) is 0.932. The van der Waals surface area contributed by atoms with Crippen LogP contribution < -0.4 is 0 Å². The van der Waals surface area contributed by atoms with Crippen molar-refractivity contribution in [3.8, 4) is 0 Å². The fraction of sp³-hybridized carbons (Fsp3) is 0.200. The molecule has 0 unspecified atom stereocenters. The largest absolute Gasteiger partial charge is 0.390 e. The molecule has 0 aliphatic heterocycles. The fourth-order valence-electron chi connectivity index (χ4n) is 1.23. The highest BCUT2D eigenvalue weighted by molar-refractivity contribution is 7.99. The molecular formula is C10H9ClFN3OS. The Morgan fingerprint density at radius 3 is 2.82 bits per heavy atom. The van der Waals surface area contributed by atoms with E-state index >= 15 is 0 Å². The molecule has 4 nitrogen and oxygen atoms in total. The van der Waals surface area contributed by atoms with E-state index in [9.17, 15) is 4.39 Å². The number of imidazole rings is 1. The van der Waals surface area contributed by atoms with Crippen LogP contribution >= 0.6 is 23.4 Å². The Hall–Kier alpha value is -1.11. The van der Waals surface area contributed by atoms with Gasteiger partial charge in [-0.05, 0) is 17.8 Å². The molecule has 0 fully saturated rings. The minimum Gasteiger partial charge on any atom is -0.390 e. The predicted octanol–water partition coefficient (Wildman–Crippen LogP) is 2.25. The average Bonchev–Trinajstić information content (AvgIpc) is 2.64. The third-order valence-corrected chi connectivity index (χ3v) is 3.43. The van der Waals surface area contributed by atoms with Gasteiger partial charge in [0, 0.05) is 13.2 Å². The zero-order valence-corrected chi connectivity index (χ0v) is 10.5. The summed E-state index contributed by atoms with van der Waals surface area (Å²) in [6.45, 7) is -0.111. The van der Waals surface area contributed by atoms with Crippen molar-refractivity contribution in [3.05, 3.63) is 35.0 Å². The Kier molecular flexibility index (Phi) is 3.66. The molecule has 7 heteroatoms. The van der Waals surface area contributed by atoms with Crippen LogP contribution in [0.2, 0.25) is 5.02 Å². The summed E-state index contributed by atoms with van der Waals surface area (Å²) in [6.07, 6.45) is 2.92. The van der Waals surface area contributed by atoms with Gasteiger partial charge in [-0.25, -0.2) is 14.4 Å². The van der Waals surface area contributed by atoms with E-state index in [1.807, 2.05) is 0 Å². The molecule has 90 valence electrons. The van der Waals surface area contributed by atoms with E-state index in [2.05, 4.69) is 9.97 Å². The van der Waals surface area contributed by atoms with Crippen LogP contribution in [0.25, 0.3) is 0 Å². The van der Waals surface area contributed by atoms with Crippen molar-refractivity contribution in [1.82, 2.24) is 14.5 Å². The highest BCUT2D eigenvalue weighted by Gasteiger charge is 2.12. The van der Waals surface area contributed by atoms with Crippen molar-refractivity contribution in [2.45, 2.75) is 16.8 Å². The first-order chi connectivity index (χ1) is 8.11. The van der Waals surface area contributed by atoms with Crippen LogP contribution in [0.4, 0.5) is 4.39 Å². The number of rotatable bonds is 3. The lowest BCUT2D eigenvalue weighted by molar-refractivity contribution is 0.271. The van der Waals surface area contributed by atoms with Gasteiger partial charge in [0.05, 0.1) is 23.5 Å². The normalized spacial score (nSPS) is 10.8. The van der Waals surface area contributed by atoms with Crippen LogP contribution in [0.1, 0.15) is 5.69 Å². The number of nitrogens with zero attached hydrogens (tertiary/aromatic N) is 3. The first kappa shape index (κ1) is 12.3. The number of halogens is 2. The summed E-state index contributed by atoms with van der Waals surface area (Å²) in [5.41, 5.74) is 0.655. The van der Waals surface area contributed by atoms with Crippen LogP contribution in [0.15, 0.2) is 28.6 Å². The lowest BCUT2D eigenvalue weighted by Gasteiger charge is -2.04. The Morgan fingerprint density at radius 2 is 2.24 bits per heavy atom. The smallest absolute Gasteiger partial charge is 0.174 e. The number of aliphatic hydroxyl groups is 1. The van der Waals surface area contributed by atoms with Crippen molar-refractivity contribution in [3.63, 3.8) is 0 Å². The van der Waals surface area contributed by atoms with Crippen LogP contribution in [0.3, 0.4) is 0 Å². The second-order valence-electron chi connectivity index (χ2n) is 3.29. The average molecular weight is 274 g/mol. The molecule has 0 saturated carbocycles. The summed E-state index contributed by atoms with van der Waals surface area (Å²) in [7, 11) is 1.74. The van der Waals surface area contributed by atoms with Gasteiger partial charge in [0.1, 0.15) is 5.03 Å². The molecule has 2 rings (SSSR count). The summed E-state index contributed by atoms with van der Waals surface area (Å²) >= 11 is 6.69. The summed E-state index contributed by atoms with van der Waals surface area (Å²) < 4.78 is 15.2. The molecule has 2 aromatic rings. The second-order valence-corrected chi connectivity index (χ2v) is 4.68. The molecule has 0 atom stereocenters. The van der Waals surface area contributed by atoms with E-state index in [1.165, 1.54) is 18.5 Å². The molecule has 1 N–H and O–H groups in total. The molecule has 0 radical (unpaired) electrons. The number of hydrogen-bond acceptors (Lipinski definition) is 4. The maximum absolute atomic E-state index is 13.5. The van der Waals surface area contributed by atoms with Gasteiger partial charge < -0.3 is 9.67 Å². The van der Waals surface area contributed by atoms with E-state index < -0.39 is 5.82 Å². The number of aliphatic hydroxyl groups excluding tert-OH is 1. The number of aromatic nitrogens is 3. The van der Waals surface area contributed by atoms with Gasteiger partial charge in [0.15, 0.2) is 11.0 Å². The maximum atomic E-state index is 13.5. The van der Waals surface area contributed by atoms with E-state index in [-0.39, 0.29) is 16.7 Å². The topological polar surface area (TPSA) is 50.9 Å². The Bertz CT molecular complexity index is 546. The molecular weight excluding hydrogens is 265 g/mol. The standard InChI is InChI=1S/C10H9ClFN3OS/c1-15-7(5-16)4-14-10(15)17-9-8(12)2-6(11)3-13-9/h2-4,16H,5H2,1H3. The van der Waals surface area contributed by atoms with Gasteiger partial charge in [-0.1, -0.05) is 11.6 Å². The zero-order valence-electron chi connectivity index (χ0n) is 8.89. The molecule has 0 saturated heterocycles. The molecule has 0 amide bonds. The van der Waals surface area contributed by atoms with Gasteiger partial charge in [-0.3, -0.25) is 0 Å². The molecule has 2 heterocycles. The number of pyridine rings is 1. The van der Waals surface area contributed by atoms with Gasteiger partial charge in [-0.2, -0.15) is 0 Å². The van der Waals surface area contributed by atoms with E-state index in [0.717, 1.165) is 11.8 Å². The molecule has 0 spiro atoms. The van der Waals surface area contributed by atoms with Gasteiger partial charge >= 0.3 is 0 Å². The zero-order chi connectivity index (χ0) is 12.4. The number of hydrogen-bond donors (Lipinski definition) is 1. The second kappa shape index (κ2) is 5.03. The lowest BCUT2D eigenvalue weighted by Crippen LogP contribution is -1.98. The first-order valence-electron chi connectivity index (χ1n) is 4.72. The van der Waals surface area contributed by atoms with Gasteiger partial charge in [-0.15, -0.1) is 0 Å². The molecule has 0 aliphatic carbocycles. The Labute approximate surface area is 106 Å². The SMILES string of the molecule is Cn1c(CO)cnc1Sc1ncc(Cl)cc1F. The summed E-state index contributed by atoms with van der Waals surface area (Å²) in [5, 5.41) is 10.0. The highest BCUT2D eigenvalue weighted by atomic mass is 35.5. The van der Waals surface area contributed by atoms with Crippen LogP contribution in [-0.2, 0) is 13.7 Å². The van der Waals surface area contributed by atoms with Crippen molar-refractivity contribution >= 4 is 23.4 Å².